The number of carbonyl (C=O) groups excluding carboxylic acids is 2. The molecule has 1 aromatic carbocycles. The van der Waals surface area contributed by atoms with E-state index >= 15 is 0 Å². The Morgan fingerprint density at radius 1 is 1.31 bits per heavy atom. The molecule has 6 unspecified atom stereocenters. The van der Waals surface area contributed by atoms with Crippen molar-refractivity contribution >= 4 is 34.8 Å². The van der Waals surface area contributed by atoms with E-state index in [2.05, 4.69) is 47.1 Å². The molecule has 0 aliphatic heterocycles. The molecule has 1 aromatic rings. The molecule has 0 saturated heterocycles. The number of ether oxygens (including phenoxy) is 2. The first-order chi connectivity index (χ1) is 17.2. The lowest BCUT2D eigenvalue weighted by Crippen LogP contribution is -2.57. The van der Waals surface area contributed by atoms with Crippen LogP contribution in [0.2, 0.25) is 0 Å². The van der Waals surface area contributed by atoms with E-state index in [1.54, 1.807) is 18.2 Å². The lowest BCUT2D eigenvalue weighted by molar-refractivity contribution is -0.118. The second-order valence-corrected chi connectivity index (χ2v) is 12.0. The van der Waals surface area contributed by atoms with E-state index in [0.29, 0.717) is 49.9 Å². The lowest BCUT2D eigenvalue weighted by Gasteiger charge is -2.60. The van der Waals surface area contributed by atoms with Crippen LogP contribution >= 0.6 is 22.6 Å². The van der Waals surface area contributed by atoms with E-state index in [9.17, 15) is 14.7 Å². The van der Waals surface area contributed by atoms with Gasteiger partial charge in [0.15, 0.2) is 11.5 Å². The van der Waals surface area contributed by atoms with Gasteiger partial charge in [-0.3, -0.25) is 9.59 Å². The predicted molar refractivity (Wildman–Crippen MR) is 144 cm³/mol. The van der Waals surface area contributed by atoms with Gasteiger partial charge in [0.25, 0.3) is 0 Å². The number of benzene rings is 1. The highest BCUT2D eigenvalue weighted by atomic mass is 127. The molecule has 198 valence electrons. The third kappa shape index (κ3) is 5.44. The number of aliphatic hydroxyl groups excluding tert-OH is 2. The summed E-state index contributed by atoms with van der Waals surface area (Å²) in [6.45, 7) is 5.53. The Bertz CT molecular complexity index is 1010. The van der Waals surface area contributed by atoms with Crippen molar-refractivity contribution in [3.63, 3.8) is 0 Å². The Labute approximate surface area is 226 Å². The molecular weight excluding hydrogens is 575 g/mol. The summed E-state index contributed by atoms with van der Waals surface area (Å²) in [4.78, 5) is 24.1. The van der Waals surface area contributed by atoms with E-state index in [-0.39, 0.29) is 25.1 Å². The second-order valence-electron chi connectivity index (χ2n) is 10.8. The van der Waals surface area contributed by atoms with Gasteiger partial charge >= 0.3 is 0 Å². The third-order valence-electron chi connectivity index (χ3n) is 8.53. The first-order valence-corrected chi connectivity index (χ1v) is 13.8. The zero-order valence-corrected chi connectivity index (χ0v) is 23.3. The molecule has 9 heteroatoms. The van der Waals surface area contributed by atoms with Gasteiger partial charge in [-0.05, 0) is 96.2 Å². The van der Waals surface area contributed by atoms with E-state index in [1.165, 1.54) is 26.4 Å². The average Bonchev–Trinajstić information content (AvgIpc) is 2.88. The number of amides is 1. The van der Waals surface area contributed by atoms with E-state index in [1.807, 2.05) is 0 Å². The van der Waals surface area contributed by atoms with Crippen molar-refractivity contribution in [1.29, 1.82) is 0 Å². The van der Waals surface area contributed by atoms with Crippen LogP contribution < -0.4 is 20.1 Å². The van der Waals surface area contributed by atoms with Crippen LogP contribution in [0.15, 0.2) is 23.8 Å². The van der Waals surface area contributed by atoms with Crippen LogP contribution in [0.5, 0.6) is 11.5 Å². The lowest BCUT2D eigenvalue weighted by atomic mass is 9.45. The summed E-state index contributed by atoms with van der Waals surface area (Å²) in [5.41, 5.74) is 1.33. The minimum atomic E-state index is -0.892. The van der Waals surface area contributed by atoms with Crippen molar-refractivity contribution in [3.8, 4) is 11.5 Å². The normalized spacial score (nSPS) is 30.6. The number of aliphatic hydroxyl groups is 2. The molecular formula is C27H37IN2O6. The standard InChI is InChI=1S/C27H37IN2O6/c1-27(2)18-5-4-16(19(27)12-18)13-30-21-10-17(26(34)29-6-7-31)11-22(24(21)33)36-25-20(28)8-15(14-32)9-23(25)35-3/h8-9,11,14,16,18-19,21-22,24,30-31,33H,4-7,10,12-13H2,1-3H3,(H,29,34). The molecule has 6 atom stereocenters. The van der Waals surface area contributed by atoms with Crippen molar-refractivity contribution in [3.05, 3.63) is 32.9 Å². The Kier molecular flexibility index (Phi) is 8.63. The van der Waals surface area contributed by atoms with Gasteiger partial charge in [-0.2, -0.15) is 0 Å². The summed E-state index contributed by atoms with van der Waals surface area (Å²) in [6.07, 6.45) is 4.78. The van der Waals surface area contributed by atoms with Crippen molar-refractivity contribution in [1.82, 2.24) is 10.6 Å². The first-order valence-electron chi connectivity index (χ1n) is 12.7. The van der Waals surface area contributed by atoms with E-state index in [0.717, 1.165) is 18.7 Å². The van der Waals surface area contributed by atoms with Crippen molar-refractivity contribution in [2.24, 2.45) is 23.2 Å². The fourth-order valence-electron chi connectivity index (χ4n) is 6.27. The number of nitrogens with one attached hydrogen (secondary N) is 2. The molecule has 0 spiro atoms. The maximum absolute atomic E-state index is 12.8. The highest BCUT2D eigenvalue weighted by Crippen LogP contribution is 2.61. The van der Waals surface area contributed by atoms with Gasteiger partial charge in [0, 0.05) is 23.7 Å². The van der Waals surface area contributed by atoms with Gasteiger partial charge in [0.05, 0.1) is 17.3 Å². The Balaban J connectivity index is 1.54. The summed E-state index contributed by atoms with van der Waals surface area (Å²) >= 11 is 2.07. The highest BCUT2D eigenvalue weighted by Gasteiger charge is 2.54. The molecule has 4 N–H and O–H groups in total. The minimum absolute atomic E-state index is 0.151. The zero-order valence-electron chi connectivity index (χ0n) is 21.1. The predicted octanol–water partition coefficient (Wildman–Crippen LogP) is 2.69. The van der Waals surface area contributed by atoms with Gasteiger partial charge in [-0.15, -0.1) is 0 Å². The molecule has 0 heterocycles. The molecule has 0 radical (unpaired) electrons. The zero-order chi connectivity index (χ0) is 26.0. The topological polar surface area (TPSA) is 117 Å². The van der Waals surface area contributed by atoms with Crippen LogP contribution in [0.25, 0.3) is 0 Å². The number of fused-ring (bicyclic) bond motifs is 2. The molecule has 2 bridgehead atoms. The van der Waals surface area contributed by atoms with Crippen molar-refractivity contribution in [2.75, 3.05) is 26.8 Å². The molecule has 3 saturated carbocycles. The molecule has 3 fully saturated rings. The summed E-state index contributed by atoms with van der Waals surface area (Å²) in [5.74, 6) is 2.57. The van der Waals surface area contributed by atoms with Gasteiger partial charge < -0.3 is 30.3 Å². The molecule has 8 nitrogen and oxygen atoms in total. The number of methoxy groups -OCH3 is 1. The van der Waals surface area contributed by atoms with Gasteiger partial charge in [-0.1, -0.05) is 13.8 Å². The number of carbonyl (C=O) groups is 2. The molecule has 4 aliphatic rings. The smallest absolute Gasteiger partial charge is 0.247 e. The Morgan fingerprint density at radius 3 is 2.72 bits per heavy atom. The third-order valence-corrected chi connectivity index (χ3v) is 9.33. The summed E-state index contributed by atoms with van der Waals surface area (Å²) in [7, 11) is 1.49. The summed E-state index contributed by atoms with van der Waals surface area (Å²) < 4.78 is 12.4. The molecule has 5 rings (SSSR count). The maximum atomic E-state index is 12.8. The van der Waals surface area contributed by atoms with Crippen LogP contribution in [-0.4, -0.2) is 67.5 Å². The van der Waals surface area contributed by atoms with Gasteiger partial charge in [0.2, 0.25) is 5.91 Å². The number of hydrogen-bond donors (Lipinski definition) is 4. The average molecular weight is 613 g/mol. The van der Waals surface area contributed by atoms with E-state index in [4.69, 9.17) is 14.6 Å². The number of halogens is 1. The van der Waals surface area contributed by atoms with Gasteiger partial charge in [-0.25, -0.2) is 0 Å². The quantitative estimate of drug-likeness (QED) is 0.237. The minimum Gasteiger partial charge on any atom is -0.493 e. The molecule has 0 aromatic heterocycles. The van der Waals surface area contributed by atoms with Crippen LogP contribution in [0.4, 0.5) is 0 Å². The fraction of sp³-hybridized carbons (Fsp3) is 0.630. The molecule has 36 heavy (non-hydrogen) atoms. The maximum Gasteiger partial charge on any atom is 0.247 e. The van der Waals surface area contributed by atoms with E-state index < -0.39 is 12.2 Å². The molecule has 1 amide bonds. The SMILES string of the molecule is COc1cc(C=O)cc(I)c1OC1C=C(C(=O)NCCO)CC(NCC2CCC3CC2C3(C)C)C1O. The van der Waals surface area contributed by atoms with Crippen LogP contribution in [0.1, 0.15) is 49.9 Å². The fourth-order valence-corrected chi connectivity index (χ4v) is 7.02. The number of hydrogen-bond acceptors (Lipinski definition) is 7. The molecule has 4 aliphatic carbocycles. The number of rotatable bonds is 10. The monoisotopic (exact) mass is 612 g/mol. The van der Waals surface area contributed by atoms with Crippen LogP contribution in [-0.2, 0) is 4.79 Å². The summed E-state index contributed by atoms with van der Waals surface area (Å²) in [6, 6.07) is 2.91. The first kappa shape index (κ1) is 27.3. The Morgan fingerprint density at radius 2 is 2.08 bits per heavy atom. The van der Waals surface area contributed by atoms with Crippen molar-refractivity contribution in [2.45, 2.75) is 57.8 Å². The van der Waals surface area contributed by atoms with Gasteiger partial charge in [0.1, 0.15) is 18.5 Å². The van der Waals surface area contributed by atoms with Crippen LogP contribution in [0.3, 0.4) is 0 Å². The number of aldehydes is 1. The van der Waals surface area contributed by atoms with Crippen LogP contribution in [0, 0.1) is 26.7 Å². The second kappa shape index (κ2) is 11.4. The van der Waals surface area contributed by atoms with Crippen molar-refractivity contribution < 1.29 is 29.3 Å². The highest BCUT2D eigenvalue weighted by molar-refractivity contribution is 14.1. The Hall–Kier alpha value is -1.69. The largest absolute Gasteiger partial charge is 0.493 e. The summed E-state index contributed by atoms with van der Waals surface area (Å²) in [5, 5.41) is 26.7.